The Bertz CT molecular complexity index is 404. The quantitative estimate of drug-likeness (QED) is 0.890. The van der Waals surface area contributed by atoms with Gasteiger partial charge in [-0.25, -0.2) is 0 Å². The normalized spacial score (nSPS) is 18.8. The smallest absolute Gasteiger partial charge is 0.144 e. The Labute approximate surface area is 121 Å². The number of nitrogens with one attached hydrogen (secondary N) is 1. The van der Waals surface area contributed by atoms with Crippen LogP contribution < -0.4 is 5.32 Å². The highest BCUT2D eigenvalue weighted by Gasteiger charge is 2.37. The molecule has 0 saturated carbocycles. The molecule has 0 unspecified atom stereocenters. The summed E-state index contributed by atoms with van der Waals surface area (Å²) in [5, 5.41) is 5.42. The Morgan fingerprint density at radius 1 is 1.50 bits per heavy atom. The second-order valence-electron chi connectivity index (χ2n) is 5.11. The predicted molar refractivity (Wildman–Crippen MR) is 80.2 cm³/mol. The van der Waals surface area contributed by atoms with Crippen LogP contribution in [0, 0.1) is 5.41 Å². The van der Waals surface area contributed by atoms with Gasteiger partial charge in [-0.1, -0.05) is 13.3 Å². The second-order valence-corrected chi connectivity index (χ2v) is 7.02. The van der Waals surface area contributed by atoms with E-state index in [1.165, 1.54) is 4.88 Å². The molecule has 100 valence electrons. The first-order valence-electron chi connectivity index (χ1n) is 6.63. The van der Waals surface area contributed by atoms with Gasteiger partial charge in [0.25, 0.3) is 0 Å². The fourth-order valence-corrected chi connectivity index (χ4v) is 4.29. The van der Waals surface area contributed by atoms with Crippen molar-refractivity contribution in [3.8, 4) is 0 Å². The summed E-state index contributed by atoms with van der Waals surface area (Å²) in [5.41, 5.74) is -0.0591. The van der Waals surface area contributed by atoms with E-state index in [1.807, 2.05) is 0 Å². The first-order valence-corrected chi connectivity index (χ1v) is 8.30. The van der Waals surface area contributed by atoms with Crippen LogP contribution in [0.2, 0.25) is 0 Å². The summed E-state index contributed by atoms with van der Waals surface area (Å²) in [6.45, 7) is 4.15. The number of piperidine rings is 1. The van der Waals surface area contributed by atoms with Crippen LogP contribution >= 0.6 is 27.3 Å². The number of ketones is 1. The van der Waals surface area contributed by atoms with Crippen molar-refractivity contribution in [2.24, 2.45) is 5.41 Å². The largest absolute Gasteiger partial charge is 0.317 e. The van der Waals surface area contributed by atoms with Gasteiger partial charge in [0.05, 0.1) is 0 Å². The number of hydrogen-bond acceptors (Lipinski definition) is 3. The topological polar surface area (TPSA) is 29.1 Å². The summed E-state index contributed by atoms with van der Waals surface area (Å²) in [6.07, 6.45) is 4.76. The Kier molecular flexibility index (Phi) is 4.98. The fraction of sp³-hybridized carbons (Fsp3) is 0.643. The maximum atomic E-state index is 12.7. The van der Waals surface area contributed by atoms with Crippen molar-refractivity contribution in [2.45, 2.75) is 39.0 Å². The highest BCUT2D eigenvalue weighted by Crippen LogP contribution is 2.36. The minimum absolute atomic E-state index is 0.0591. The van der Waals surface area contributed by atoms with Crippen molar-refractivity contribution < 1.29 is 4.79 Å². The standard InChI is InChI=1S/C14H20BrNOS/c1-2-3-14(4-6-16-7-5-14)13(17)9-12-8-11(15)10-18-12/h8,10,16H,2-7,9H2,1H3. The molecule has 1 aromatic rings. The molecular formula is C14H20BrNOS. The lowest BCUT2D eigenvalue weighted by Crippen LogP contribution is -2.42. The highest BCUT2D eigenvalue weighted by molar-refractivity contribution is 9.10. The molecule has 2 heterocycles. The van der Waals surface area contributed by atoms with Crippen LogP contribution in [-0.4, -0.2) is 18.9 Å². The number of Topliss-reactive ketones (excluding diaryl/α,β-unsaturated/α-hetero) is 1. The minimum Gasteiger partial charge on any atom is -0.317 e. The van der Waals surface area contributed by atoms with E-state index < -0.39 is 0 Å². The average Bonchev–Trinajstić information content (AvgIpc) is 2.76. The molecular weight excluding hydrogens is 310 g/mol. The zero-order valence-corrected chi connectivity index (χ0v) is 13.2. The monoisotopic (exact) mass is 329 g/mol. The highest BCUT2D eigenvalue weighted by atomic mass is 79.9. The van der Waals surface area contributed by atoms with E-state index in [0.717, 1.165) is 43.2 Å². The van der Waals surface area contributed by atoms with Crippen molar-refractivity contribution in [1.82, 2.24) is 5.32 Å². The van der Waals surface area contributed by atoms with Crippen molar-refractivity contribution >= 4 is 33.0 Å². The maximum Gasteiger partial charge on any atom is 0.144 e. The van der Waals surface area contributed by atoms with Gasteiger partial charge in [0.2, 0.25) is 0 Å². The van der Waals surface area contributed by atoms with E-state index in [4.69, 9.17) is 0 Å². The lowest BCUT2D eigenvalue weighted by molar-refractivity contribution is -0.130. The number of hydrogen-bond donors (Lipinski definition) is 1. The number of rotatable bonds is 5. The first kappa shape index (κ1) is 14.2. The molecule has 2 nitrogen and oxygen atoms in total. The second kappa shape index (κ2) is 6.31. The predicted octanol–water partition coefficient (Wildman–Crippen LogP) is 3.79. The molecule has 1 aromatic heterocycles. The minimum atomic E-state index is -0.0591. The number of halogens is 1. The molecule has 1 aliphatic rings. The molecule has 0 spiro atoms. The summed E-state index contributed by atoms with van der Waals surface area (Å²) >= 11 is 5.13. The lowest BCUT2D eigenvalue weighted by atomic mass is 9.71. The van der Waals surface area contributed by atoms with Gasteiger partial charge in [-0.2, -0.15) is 0 Å². The Morgan fingerprint density at radius 2 is 2.22 bits per heavy atom. The molecule has 4 heteroatoms. The van der Waals surface area contributed by atoms with E-state index in [9.17, 15) is 4.79 Å². The van der Waals surface area contributed by atoms with Crippen molar-refractivity contribution in [3.05, 3.63) is 20.8 Å². The van der Waals surface area contributed by atoms with Crippen molar-refractivity contribution in [1.29, 1.82) is 0 Å². The van der Waals surface area contributed by atoms with Gasteiger partial charge in [-0.05, 0) is 54.3 Å². The third-order valence-electron chi connectivity index (χ3n) is 3.84. The van der Waals surface area contributed by atoms with Gasteiger partial charge >= 0.3 is 0 Å². The van der Waals surface area contributed by atoms with Gasteiger partial charge in [0.1, 0.15) is 5.78 Å². The average molecular weight is 330 g/mol. The van der Waals surface area contributed by atoms with Crippen LogP contribution in [0.3, 0.4) is 0 Å². The number of carbonyl (C=O) groups is 1. The van der Waals surface area contributed by atoms with E-state index in [-0.39, 0.29) is 5.41 Å². The van der Waals surface area contributed by atoms with Crippen LogP contribution in [0.4, 0.5) is 0 Å². The summed E-state index contributed by atoms with van der Waals surface area (Å²) < 4.78 is 1.09. The molecule has 2 rings (SSSR count). The molecule has 0 radical (unpaired) electrons. The summed E-state index contributed by atoms with van der Waals surface area (Å²) in [6, 6.07) is 2.07. The van der Waals surface area contributed by atoms with E-state index in [2.05, 4.69) is 39.6 Å². The third-order valence-corrected chi connectivity index (χ3v) is 5.53. The molecule has 1 fully saturated rings. The molecule has 0 amide bonds. The van der Waals surface area contributed by atoms with Gasteiger partial charge in [0, 0.05) is 26.6 Å². The first-order chi connectivity index (χ1) is 8.66. The lowest BCUT2D eigenvalue weighted by Gasteiger charge is -2.36. The van der Waals surface area contributed by atoms with Crippen molar-refractivity contribution in [2.75, 3.05) is 13.1 Å². The summed E-state index contributed by atoms with van der Waals surface area (Å²) in [4.78, 5) is 13.8. The summed E-state index contributed by atoms with van der Waals surface area (Å²) in [5.74, 6) is 0.445. The van der Waals surface area contributed by atoms with Gasteiger partial charge in [-0.15, -0.1) is 11.3 Å². The third kappa shape index (κ3) is 3.22. The molecule has 0 aromatic carbocycles. The Balaban J connectivity index is 2.08. The zero-order chi connectivity index (χ0) is 13.0. The molecule has 0 bridgehead atoms. The van der Waals surface area contributed by atoms with Crippen LogP contribution in [0.5, 0.6) is 0 Å². The molecule has 1 aliphatic heterocycles. The zero-order valence-electron chi connectivity index (χ0n) is 10.8. The van der Waals surface area contributed by atoms with Crippen LogP contribution in [-0.2, 0) is 11.2 Å². The van der Waals surface area contributed by atoms with Gasteiger partial charge < -0.3 is 5.32 Å². The summed E-state index contributed by atoms with van der Waals surface area (Å²) in [7, 11) is 0. The molecule has 1 N–H and O–H groups in total. The van der Waals surface area contributed by atoms with E-state index in [1.54, 1.807) is 11.3 Å². The van der Waals surface area contributed by atoms with Gasteiger partial charge in [-0.3, -0.25) is 4.79 Å². The molecule has 1 saturated heterocycles. The SMILES string of the molecule is CCCC1(C(=O)Cc2cc(Br)cs2)CCNCC1. The van der Waals surface area contributed by atoms with Crippen LogP contribution in [0.1, 0.15) is 37.5 Å². The van der Waals surface area contributed by atoms with Crippen molar-refractivity contribution in [3.63, 3.8) is 0 Å². The van der Waals surface area contributed by atoms with E-state index >= 15 is 0 Å². The molecule has 18 heavy (non-hydrogen) atoms. The number of thiophene rings is 1. The Morgan fingerprint density at radius 3 is 2.78 bits per heavy atom. The fourth-order valence-electron chi connectivity index (χ4n) is 2.84. The van der Waals surface area contributed by atoms with Crippen LogP contribution in [0.25, 0.3) is 0 Å². The Hall–Kier alpha value is -0.190. The molecule has 0 atom stereocenters. The maximum absolute atomic E-state index is 12.7. The molecule has 0 aliphatic carbocycles. The van der Waals surface area contributed by atoms with Crippen LogP contribution in [0.15, 0.2) is 15.9 Å². The van der Waals surface area contributed by atoms with E-state index in [0.29, 0.717) is 12.2 Å². The van der Waals surface area contributed by atoms with Gasteiger partial charge in [0.15, 0.2) is 0 Å². The number of carbonyl (C=O) groups excluding carboxylic acids is 1.